The van der Waals surface area contributed by atoms with Crippen molar-refractivity contribution in [2.75, 3.05) is 20.6 Å². The van der Waals surface area contributed by atoms with Crippen molar-refractivity contribution in [2.45, 2.75) is 12.6 Å². The Bertz CT molecular complexity index is 767. The lowest BCUT2D eigenvalue weighted by atomic mass is 10.2. The van der Waals surface area contributed by atoms with Crippen LogP contribution in [-0.2, 0) is 6.54 Å². The summed E-state index contributed by atoms with van der Waals surface area (Å²) in [6, 6.07) is 12.6. The molecule has 0 aliphatic carbocycles. The molecule has 0 aliphatic heterocycles. The van der Waals surface area contributed by atoms with Crippen LogP contribution < -0.4 is 0 Å². The van der Waals surface area contributed by atoms with Crippen LogP contribution in [0.25, 0.3) is 21.8 Å². The Morgan fingerprint density at radius 3 is 1.95 bits per heavy atom. The molecule has 3 aromatic rings. The molecule has 0 saturated heterocycles. The normalized spacial score (nSPS) is 13.4. The van der Waals surface area contributed by atoms with E-state index in [1.807, 2.05) is 31.1 Å². The molecular formula is C17H18Br2N2O. The third-order valence-electron chi connectivity index (χ3n) is 3.76. The van der Waals surface area contributed by atoms with Gasteiger partial charge in [-0.25, -0.2) is 0 Å². The van der Waals surface area contributed by atoms with Gasteiger partial charge in [0.25, 0.3) is 0 Å². The van der Waals surface area contributed by atoms with Crippen LogP contribution in [0.5, 0.6) is 0 Å². The number of nitrogens with zero attached hydrogens (tertiary/aromatic N) is 2. The van der Waals surface area contributed by atoms with E-state index in [1.54, 1.807) is 0 Å². The van der Waals surface area contributed by atoms with Crippen LogP contribution in [0, 0.1) is 0 Å². The third kappa shape index (κ3) is 3.08. The van der Waals surface area contributed by atoms with Crippen molar-refractivity contribution < 1.29 is 5.11 Å². The Balaban J connectivity index is 2.18. The Morgan fingerprint density at radius 1 is 1.00 bits per heavy atom. The van der Waals surface area contributed by atoms with Gasteiger partial charge in [0.1, 0.15) is 0 Å². The van der Waals surface area contributed by atoms with Crippen molar-refractivity contribution in [1.29, 1.82) is 0 Å². The Labute approximate surface area is 146 Å². The number of fused-ring (bicyclic) bond motifs is 3. The zero-order valence-corrected chi connectivity index (χ0v) is 15.7. The van der Waals surface area contributed by atoms with E-state index in [2.05, 4.69) is 60.7 Å². The number of benzene rings is 2. The molecule has 0 fully saturated rings. The number of rotatable bonds is 4. The van der Waals surface area contributed by atoms with Gasteiger partial charge in [0.15, 0.2) is 0 Å². The highest BCUT2D eigenvalue weighted by Gasteiger charge is 2.14. The van der Waals surface area contributed by atoms with Crippen LogP contribution in [-0.4, -0.2) is 41.3 Å². The molecule has 1 atom stereocenters. The number of aliphatic hydroxyl groups excluding tert-OH is 1. The first-order valence-corrected chi connectivity index (χ1v) is 8.74. The summed E-state index contributed by atoms with van der Waals surface area (Å²) in [7, 11) is 3.95. The summed E-state index contributed by atoms with van der Waals surface area (Å²) in [6.07, 6.45) is -0.402. The van der Waals surface area contributed by atoms with Crippen LogP contribution >= 0.6 is 31.9 Å². The average Bonchev–Trinajstić information content (AvgIpc) is 2.71. The van der Waals surface area contributed by atoms with Gasteiger partial charge in [-0.05, 0) is 50.5 Å². The fraction of sp³-hybridized carbons (Fsp3) is 0.294. The van der Waals surface area contributed by atoms with Crippen LogP contribution in [0.2, 0.25) is 0 Å². The minimum absolute atomic E-state index is 0.402. The highest BCUT2D eigenvalue weighted by molar-refractivity contribution is 9.10. The van der Waals surface area contributed by atoms with E-state index < -0.39 is 6.10 Å². The largest absolute Gasteiger partial charge is 0.390 e. The molecule has 116 valence electrons. The fourth-order valence-electron chi connectivity index (χ4n) is 2.94. The predicted molar refractivity (Wildman–Crippen MR) is 99.4 cm³/mol. The van der Waals surface area contributed by atoms with E-state index in [0.29, 0.717) is 13.1 Å². The van der Waals surface area contributed by atoms with Gasteiger partial charge in [0.05, 0.1) is 12.6 Å². The maximum absolute atomic E-state index is 10.3. The lowest BCUT2D eigenvalue weighted by molar-refractivity contribution is 0.122. The zero-order chi connectivity index (χ0) is 15.9. The van der Waals surface area contributed by atoms with Gasteiger partial charge >= 0.3 is 0 Å². The van der Waals surface area contributed by atoms with Gasteiger partial charge in [-0.3, -0.25) is 0 Å². The highest BCUT2D eigenvalue weighted by Crippen LogP contribution is 2.33. The number of aromatic nitrogens is 1. The average molecular weight is 426 g/mol. The maximum atomic E-state index is 10.3. The summed E-state index contributed by atoms with van der Waals surface area (Å²) in [5.74, 6) is 0. The summed E-state index contributed by atoms with van der Waals surface area (Å²) in [4.78, 5) is 2.01. The second-order valence-electron chi connectivity index (χ2n) is 5.85. The predicted octanol–water partition coefficient (Wildman–Crippen LogP) is 4.24. The van der Waals surface area contributed by atoms with Gasteiger partial charge in [-0.15, -0.1) is 0 Å². The molecular weight excluding hydrogens is 408 g/mol. The van der Waals surface area contributed by atoms with Crippen molar-refractivity contribution >= 4 is 53.7 Å². The Hall–Kier alpha value is -0.880. The first-order chi connectivity index (χ1) is 10.5. The topological polar surface area (TPSA) is 28.4 Å². The summed E-state index contributed by atoms with van der Waals surface area (Å²) in [6.45, 7) is 1.23. The van der Waals surface area contributed by atoms with Gasteiger partial charge in [0.2, 0.25) is 0 Å². The molecule has 0 amide bonds. The van der Waals surface area contributed by atoms with Gasteiger partial charge in [0, 0.05) is 37.3 Å². The highest BCUT2D eigenvalue weighted by atomic mass is 79.9. The second-order valence-corrected chi connectivity index (χ2v) is 7.68. The molecule has 2 aromatic carbocycles. The molecule has 1 N–H and O–H groups in total. The molecule has 3 rings (SSSR count). The lowest BCUT2D eigenvalue weighted by Gasteiger charge is -2.18. The van der Waals surface area contributed by atoms with E-state index in [4.69, 9.17) is 0 Å². The second kappa shape index (κ2) is 6.32. The molecule has 0 aliphatic rings. The molecule has 0 radical (unpaired) electrons. The number of halogens is 2. The zero-order valence-electron chi connectivity index (χ0n) is 12.6. The minimum Gasteiger partial charge on any atom is -0.390 e. The molecule has 1 aromatic heterocycles. The molecule has 3 nitrogen and oxygen atoms in total. The molecule has 22 heavy (non-hydrogen) atoms. The summed E-state index contributed by atoms with van der Waals surface area (Å²) in [5.41, 5.74) is 2.29. The Morgan fingerprint density at radius 2 is 1.50 bits per heavy atom. The van der Waals surface area contributed by atoms with Crippen molar-refractivity contribution in [3.05, 3.63) is 45.3 Å². The van der Waals surface area contributed by atoms with Gasteiger partial charge < -0.3 is 14.6 Å². The molecule has 0 bridgehead atoms. The maximum Gasteiger partial charge on any atom is 0.0845 e. The first kappa shape index (κ1) is 16.0. The summed E-state index contributed by atoms with van der Waals surface area (Å²) >= 11 is 7.10. The monoisotopic (exact) mass is 424 g/mol. The number of aliphatic hydroxyl groups is 1. The van der Waals surface area contributed by atoms with Gasteiger partial charge in [-0.1, -0.05) is 31.9 Å². The minimum atomic E-state index is -0.402. The molecule has 5 heteroatoms. The lowest BCUT2D eigenvalue weighted by Crippen LogP contribution is -2.29. The number of hydrogen-bond donors (Lipinski definition) is 1. The SMILES string of the molecule is CN(C)C[C@H](O)Cn1c2ccc(Br)cc2c2cc(Br)ccc21. The van der Waals surface area contributed by atoms with Crippen LogP contribution in [0.15, 0.2) is 45.3 Å². The third-order valence-corrected chi connectivity index (χ3v) is 4.74. The standard InChI is InChI=1S/C17H18Br2N2O/c1-20(2)9-13(22)10-21-16-5-3-11(18)7-14(16)15-8-12(19)4-6-17(15)21/h3-8,13,22H,9-10H2,1-2H3/t13-/m0/s1. The van der Waals surface area contributed by atoms with Crippen LogP contribution in [0.1, 0.15) is 0 Å². The molecule has 0 saturated carbocycles. The molecule has 0 unspecified atom stereocenters. The van der Waals surface area contributed by atoms with Crippen molar-refractivity contribution in [3.8, 4) is 0 Å². The Kier molecular flexibility index (Phi) is 4.59. The van der Waals surface area contributed by atoms with E-state index in [1.165, 1.54) is 10.8 Å². The van der Waals surface area contributed by atoms with Crippen LogP contribution in [0.3, 0.4) is 0 Å². The quantitative estimate of drug-likeness (QED) is 0.676. The summed E-state index contributed by atoms with van der Waals surface area (Å²) in [5, 5.41) is 12.7. The van der Waals surface area contributed by atoms with E-state index in [0.717, 1.165) is 20.0 Å². The van der Waals surface area contributed by atoms with Gasteiger partial charge in [-0.2, -0.15) is 0 Å². The first-order valence-electron chi connectivity index (χ1n) is 7.15. The number of likely N-dealkylation sites (N-methyl/N-ethyl adjacent to an activating group) is 1. The van der Waals surface area contributed by atoms with E-state index in [-0.39, 0.29) is 0 Å². The summed E-state index contributed by atoms with van der Waals surface area (Å²) < 4.78 is 4.33. The molecule has 0 spiro atoms. The van der Waals surface area contributed by atoms with Crippen molar-refractivity contribution in [2.24, 2.45) is 0 Å². The number of hydrogen-bond acceptors (Lipinski definition) is 2. The fourth-order valence-corrected chi connectivity index (χ4v) is 3.66. The smallest absolute Gasteiger partial charge is 0.0845 e. The van der Waals surface area contributed by atoms with E-state index >= 15 is 0 Å². The van der Waals surface area contributed by atoms with E-state index in [9.17, 15) is 5.11 Å². The van der Waals surface area contributed by atoms with Crippen molar-refractivity contribution in [1.82, 2.24) is 9.47 Å². The van der Waals surface area contributed by atoms with Crippen molar-refractivity contribution in [3.63, 3.8) is 0 Å². The molecule has 1 heterocycles. The van der Waals surface area contributed by atoms with Crippen LogP contribution in [0.4, 0.5) is 0 Å².